The third kappa shape index (κ3) is 41.5. The van der Waals surface area contributed by atoms with E-state index in [-0.39, 0.29) is 6.10 Å². The molecule has 404 valence electrons. The van der Waals surface area contributed by atoms with Gasteiger partial charge in [-0.3, -0.25) is 9.59 Å². The predicted molar refractivity (Wildman–Crippen MR) is 299 cm³/mol. The van der Waals surface area contributed by atoms with Crippen LogP contribution in [-0.4, -0.2) is 83.5 Å². The lowest BCUT2D eigenvalue weighted by atomic mass is 10.1. The number of aliphatic hydroxyl groups is 1. The smallest absolute Gasteiger partial charge is 0.222 e. The summed E-state index contributed by atoms with van der Waals surface area (Å²) in [5.41, 5.74) is 0. The zero-order valence-electron chi connectivity index (χ0n) is 46.9. The molecule has 2 atom stereocenters. The van der Waals surface area contributed by atoms with Gasteiger partial charge in [-0.25, -0.2) is 0 Å². The monoisotopic (exact) mass is 958 g/mol. The van der Waals surface area contributed by atoms with E-state index in [1.807, 2.05) is 0 Å². The van der Waals surface area contributed by atoms with Crippen LogP contribution in [0.15, 0.2) is 0 Å². The summed E-state index contributed by atoms with van der Waals surface area (Å²) in [4.78, 5) is 34.2. The Morgan fingerprint density at radius 1 is 0.338 bits per heavy atom. The van der Waals surface area contributed by atoms with Crippen LogP contribution in [0.3, 0.4) is 0 Å². The molecule has 0 bridgehead atoms. The molecule has 1 saturated carbocycles. The summed E-state index contributed by atoms with van der Waals surface area (Å²) < 4.78 is 0. The summed E-state index contributed by atoms with van der Waals surface area (Å²) in [7, 11) is 0. The van der Waals surface area contributed by atoms with Crippen LogP contribution in [0.1, 0.15) is 329 Å². The van der Waals surface area contributed by atoms with E-state index < -0.39 is 0 Å². The van der Waals surface area contributed by atoms with Crippen molar-refractivity contribution < 1.29 is 14.7 Å². The van der Waals surface area contributed by atoms with E-state index in [0.29, 0.717) is 17.7 Å². The van der Waals surface area contributed by atoms with Crippen LogP contribution in [0.4, 0.5) is 0 Å². The average molecular weight is 959 g/mol. The van der Waals surface area contributed by atoms with Gasteiger partial charge in [-0.1, -0.05) is 246 Å². The second-order valence-corrected chi connectivity index (χ2v) is 22.3. The quantitative estimate of drug-likeness (QED) is 0.0617. The molecule has 0 aromatic rings. The minimum Gasteiger partial charge on any atom is -0.393 e. The first kappa shape index (κ1) is 64.9. The summed E-state index contributed by atoms with van der Waals surface area (Å²) >= 11 is 0. The highest BCUT2D eigenvalue weighted by Gasteiger charge is 2.24. The maximum absolute atomic E-state index is 13.5. The van der Waals surface area contributed by atoms with Crippen LogP contribution < -0.4 is 0 Å². The van der Waals surface area contributed by atoms with Crippen molar-refractivity contribution in [3.63, 3.8) is 0 Å². The van der Waals surface area contributed by atoms with Gasteiger partial charge in [-0.2, -0.15) is 0 Å². The summed E-state index contributed by atoms with van der Waals surface area (Å²) in [5, 5.41) is 10.3. The van der Waals surface area contributed by atoms with Crippen LogP contribution in [0.5, 0.6) is 0 Å². The molecule has 0 spiro atoms. The largest absolute Gasteiger partial charge is 0.393 e. The molecule has 1 N–H and O–H groups in total. The van der Waals surface area contributed by atoms with Gasteiger partial charge in [0.15, 0.2) is 0 Å². The van der Waals surface area contributed by atoms with Gasteiger partial charge in [0.25, 0.3) is 0 Å². The van der Waals surface area contributed by atoms with Crippen molar-refractivity contribution in [2.45, 2.75) is 336 Å². The lowest BCUT2D eigenvalue weighted by Crippen LogP contribution is -2.32. The molecule has 68 heavy (non-hydrogen) atoms. The Morgan fingerprint density at radius 3 is 0.853 bits per heavy atom. The SMILES string of the molecule is CCCCCCCCCCN(CCCCCCCCCC)C(=O)CCCCCCCN(CCCCCCCC(=O)N(CCCCCCCCCC)CCCCCCCCCC)CC1CCC(O)C1. The molecule has 0 aliphatic heterocycles. The normalized spacial score (nSPS) is 15.0. The predicted octanol–water partition coefficient (Wildman–Crippen LogP) is 18.4. The Kier molecular flexibility index (Phi) is 48.5. The number of hydrogen-bond acceptors (Lipinski definition) is 4. The molecule has 1 fully saturated rings. The lowest BCUT2D eigenvalue weighted by molar-refractivity contribution is -0.132. The van der Waals surface area contributed by atoms with E-state index in [1.54, 1.807) is 0 Å². The number of amides is 2. The third-order valence-electron chi connectivity index (χ3n) is 15.6. The number of hydrogen-bond donors (Lipinski definition) is 1. The summed E-state index contributed by atoms with van der Waals surface area (Å²) in [6, 6.07) is 0. The summed E-state index contributed by atoms with van der Waals surface area (Å²) in [5.74, 6) is 1.47. The maximum Gasteiger partial charge on any atom is 0.222 e. The first-order valence-corrected chi connectivity index (χ1v) is 31.4. The molecule has 1 aliphatic carbocycles. The molecule has 0 heterocycles. The van der Waals surface area contributed by atoms with Gasteiger partial charge < -0.3 is 19.8 Å². The molecule has 1 aliphatic rings. The molecular formula is C62H123N3O3. The van der Waals surface area contributed by atoms with E-state index in [9.17, 15) is 14.7 Å². The Bertz CT molecular complexity index is 944. The lowest BCUT2D eigenvalue weighted by Gasteiger charge is -2.26. The van der Waals surface area contributed by atoms with Crippen molar-refractivity contribution in [2.75, 3.05) is 45.8 Å². The minimum atomic E-state index is -0.0969. The van der Waals surface area contributed by atoms with Crippen molar-refractivity contribution in [2.24, 2.45) is 5.92 Å². The topological polar surface area (TPSA) is 64.1 Å². The standard InChI is InChI=1S/C62H123N3O3/c1-5-9-13-17-21-25-35-43-53-64(54-44-36-26-22-18-14-10-6-2)61(67)47-39-31-29-33-41-51-63(58-59-49-50-60(66)57-59)52-42-34-30-32-40-48-62(68)65(55-45-37-27-23-19-15-11-7-3)56-46-38-28-24-20-16-12-8-4/h59-60,66H,5-58H2,1-4H3. The number of rotatable bonds is 54. The first-order chi connectivity index (χ1) is 33.4. The highest BCUT2D eigenvalue weighted by atomic mass is 16.3. The number of carbonyl (C=O) groups is 2. The van der Waals surface area contributed by atoms with Crippen molar-refractivity contribution in [1.82, 2.24) is 14.7 Å². The average Bonchev–Trinajstić information content (AvgIpc) is 3.76. The zero-order valence-corrected chi connectivity index (χ0v) is 46.9. The van der Waals surface area contributed by atoms with Gasteiger partial charge in [-0.15, -0.1) is 0 Å². The summed E-state index contributed by atoms with van der Waals surface area (Å²) in [6.07, 6.45) is 58.6. The molecule has 6 nitrogen and oxygen atoms in total. The number of unbranched alkanes of at least 4 members (excludes halogenated alkanes) is 36. The number of nitrogens with zero attached hydrogens (tertiary/aromatic N) is 3. The Labute approximate surface area is 426 Å². The zero-order chi connectivity index (χ0) is 49.2. The van der Waals surface area contributed by atoms with E-state index in [0.717, 1.165) is 71.2 Å². The molecule has 1 rings (SSSR count). The first-order valence-electron chi connectivity index (χ1n) is 31.4. The van der Waals surface area contributed by atoms with Gasteiger partial charge in [0.05, 0.1) is 6.10 Å². The number of carbonyl (C=O) groups excluding carboxylic acids is 2. The van der Waals surface area contributed by atoms with E-state index in [1.165, 1.54) is 276 Å². The van der Waals surface area contributed by atoms with Crippen LogP contribution in [0, 0.1) is 5.92 Å². The fraction of sp³-hybridized carbons (Fsp3) is 0.968. The highest BCUT2D eigenvalue weighted by Crippen LogP contribution is 2.27. The second-order valence-electron chi connectivity index (χ2n) is 22.3. The van der Waals surface area contributed by atoms with Crippen molar-refractivity contribution in [3.8, 4) is 0 Å². The van der Waals surface area contributed by atoms with Crippen LogP contribution in [-0.2, 0) is 9.59 Å². The molecular weight excluding hydrogens is 835 g/mol. The minimum absolute atomic E-state index is 0.0969. The molecule has 0 radical (unpaired) electrons. The molecule has 2 amide bonds. The fourth-order valence-electron chi connectivity index (χ4n) is 10.9. The van der Waals surface area contributed by atoms with Gasteiger partial charge in [0.1, 0.15) is 0 Å². The highest BCUT2D eigenvalue weighted by molar-refractivity contribution is 5.76. The maximum atomic E-state index is 13.5. The van der Waals surface area contributed by atoms with E-state index in [2.05, 4.69) is 42.4 Å². The Hall–Kier alpha value is -1.14. The molecule has 6 heteroatoms. The Morgan fingerprint density at radius 2 is 0.588 bits per heavy atom. The van der Waals surface area contributed by atoms with Crippen molar-refractivity contribution in [3.05, 3.63) is 0 Å². The van der Waals surface area contributed by atoms with E-state index in [4.69, 9.17) is 0 Å². The van der Waals surface area contributed by atoms with Gasteiger partial charge in [0, 0.05) is 45.6 Å². The van der Waals surface area contributed by atoms with Crippen molar-refractivity contribution in [1.29, 1.82) is 0 Å². The van der Waals surface area contributed by atoms with E-state index >= 15 is 0 Å². The van der Waals surface area contributed by atoms with Crippen LogP contribution >= 0.6 is 0 Å². The van der Waals surface area contributed by atoms with Crippen LogP contribution in [0.2, 0.25) is 0 Å². The van der Waals surface area contributed by atoms with Gasteiger partial charge in [-0.05, 0) is 89.6 Å². The molecule has 0 saturated heterocycles. The molecule has 2 unspecified atom stereocenters. The van der Waals surface area contributed by atoms with Gasteiger partial charge in [0.2, 0.25) is 11.8 Å². The van der Waals surface area contributed by atoms with Gasteiger partial charge >= 0.3 is 0 Å². The molecule has 0 aromatic carbocycles. The molecule has 0 aromatic heterocycles. The second kappa shape index (κ2) is 50.8. The Balaban J connectivity index is 2.43. The van der Waals surface area contributed by atoms with Crippen molar-refractivity contribution >= 4 is 11.8 Å². The summed E-state index contributed by atoms with van der Waals surface area (Å²) in [6.45, 7) is 16.5. The fourth-order valence-corrected chi connectivity index (χ4v) is 10.9. The third-order valence-corrected chi connectivity index (χ3v) is 15.6. The number of aliphatic hydroxyl groups excluding tert-OH is 1. The van der Waals surface area contributed by atoms with Crippen LogP contribution in [0.25, 0.3) is 0 Å².